The molecule has 0 radical (unpaired) electrons. The number of nitrogens with zero attached hydrogens (tertiary/aromatic N) is 3. The molecule has 7 nitrogen and oxygen atoms in total. The molecule has 0 bridgehead atoms. The van der Waals surface area contributed by atoms with Gasteiger partial charge in [0.15, 0.2) is 12.7 Å². The number of aromatic nitrogens is 4. The summed E-state index contributed by atoms with van der Waals surface area (Å²) >= 11 is 0. The number of aromatic amines is 1. The van der Waals surface area contributed by atoms with E-state index in [1.807, 2.05) is 0 Å². The summed E-state index contributed by atoms with van der Waals surface area (Å²) in [7, 11) is 0. The summed E-state index contributed by atoms with van der Waals surface area (Å²) in [5.41, 5.74) is 0.00176. The smallest absolute Gasteiger partial charge is 0.422 e. The molecular formula is C18H15F5N4O3. The van der Waals surface area contributed by atoms with Gasteiger partial charge in [0, 0.05) is 12.3 Å². The van der Waals surface area contributed by atoms with E-state index in [4.69, 9.17) is 4.74 Å². The lowest BCUT2D eigenvalue weighted by atomic mass is 10.2. The first-order valence-corrected chi connectivity index (χ1v) is 8.53. The minimum Gasteiger partial charge on any atom is -0.484 e. The summed E-state index contributed by atoms with van der Waals surface area (Å²) in [6.07, 6.45) is -4.57. The van der Waals surface area contributed by atoms with E-state index in [1.165, 1.54) is 36.5 Å². The van der Waals surface area contributed by atoms with Gasteiger partial charge in [-0.25, -0.2) is 13.3 Å². The van der Waals surface area contributed by atoms with E-state index in [9.17, 15) is 26.7 Å². The second-order valence-corrected chi connectivity index (χ2v) is 6.01. The van der Waals surface area contributed by atoms with Gasteiger partial charge in [-0.15, -0.1) is 0 Å². The Bertz CT molecular complexity index is 1020. The number of nitrogens with one attached hydrogen (secondary N) is 1. The first kappa shape index (κ1) is 21.3. The average Bonchev–Trinajstić information content (AvgIpc) is 3.25. The number of ether oxygens (including phenoxy) is 2. The fraction of sp³-hybridized carbons (Fsp3) is 0.278. The lowest BCUT2D eigenvalue weighted by molar-refractivity contribution is -0.153. The second-order valence-electron chi connectivity index (χ2n) is 6.01. The highest BCUT2D eigenvalue weighted by molar-refractivity contribution is 5.54. The molecular weight excluding hydrogens is 415 g/mol. The molecule has 3 aromatic rings. The van der Waals surface area contributed by atoms with Crippen LogP contribution in [0.1, 0.15) is 0 Å². The molecule has 0 aliphatic rings. The minimum atomic E-state index is -4.50. The van der Waals surface area contributed by atoms with Crippen molar-refractivity contribution >= 4 is 0 Å². The summed E-state index contributed by atoms with van der Waals surface area (Å²) in [4.78, 5) is 16.8. The van der Waals surface area contributed by atoms with Crippen molar-refractivity contribution in [2.75, 3.05) is 20.0 Å². The van der Waals surface area contributed by atoms with E-state index in [0.717, 1.165) is 10.6 Å². The zero-order valence-electron chi connectivity index (χ0n) is 15.2. The van der Waals surface area contributed by atoms with Gasteiger partial charge in [0.2, 0.25) is 0 Å². The first-order valence-electron chi connectivity index (χ1n) is 8.53. The third-order valence-electron chi connectivity index (χ3n) is 3.78. The van der Waals surface area contributed by atoms with Crippen molar-refractivity contribution in [3.63, 3.8) is 0 Å². The van der Waals surface area contributed by atoms with Crippen molar-refractivity contribution in [2.45, 2.75) is 12.3 Å². The van der Waals surface area contributed by atoms with Gasteiger partial charge in [-0.3, -0.25) is 9.89 Å². The van der Waals surface area contributed by atoms with Gasteiger partial charge in [0.25, 0.3) is 5.56 Å². The Morgan fingerprint density at radius 2 is 1.80 bits per heavy atom. The Hall–Kier alpha value is -3.44. The SMILES string of the molecule is O=c1cc(-c2ccn[nH]2)nc(OC(CF)CF)n1-c1ccc(OCC(F)(F)F)cc1. The molecule has 0 amide bonds. The van der Waals surface area contributed by atoms with Crippen molar-refractivity contribution in [2.24, 2.45) is 0 Å². The predicted molar refractivity (Wildman–Crippen MR) is 95.3 cm³/mol. The maximum absolute atomic E-state index is 13.0. The van der Waals surface area contributed by atoms with Crippen LogP contribution in [0.25, 0.3) is 17.1 Å². The van der Waals surface area contributed by atoms with E-state index in [-0.39, 0.29) is 17.1 Å². The molecule has 0 aliphatic heterocycles. The largest absolute Gasteiger partial charge is 0.484 e. The molecule has 12 heteroatoms. The number of halogens is 5. The van der Waals surface area contributed by atoms with Crippen LogP contribution in [0.3, 0.4) is 0 Å². The lowest BCUT2D eigenvalue weighted by Crippen LogP contribution is -2.28. The third-order valence-corrected chi connectivity index (χ3v) is 3.78. The van der Waals surface area contributed by atoms with Crippen LogP contribution in [0.2, 0.25) is 0 Å². The molecule has 2 heterocycles. The number of rotatable bonds is 8. The molecule has 160 valence electrons. The molecule has 0 spiro atoms. The standard InChI is InChI=1S/C18H15F5N4O3/c19-8-13(9-20)30-17-25-15(14-5-6-24-26-14)7-16(28)27(17)11-1-3-12(4-2-11)29-10-18(21,22)23/h1-7,13H,8-10H2,(H,24,26). The van der Waals surface area contributed by atoms with Crippen molar-refractivity contribution in [3.8, 4) is 28.8 Å². The topological polar surface area (TPSA) is 82.0 Å². The van der Waals surface area contributed by atoms with Crippen LogP contribution in [-0.2, 0) is 0 Å². The van der Waals surface area contributed by atoms with E-state index in [0.29, 0.717) is 5.69 Å². The Morgan fingerprint density at radius 1 is 1.10 bits per heavy atom. The van der Waals surface area contributed by atoms with Gasteiger partial charge < -0.3 is 9.47 Å². The Morgan fingerprint density at radius 3 is 2.37 bits per heavy atom. The molecule has 0 fully saturated rings. The summed E-state index contributed by atoms with van der Waals surface area (Å²) in [6.45, 7) is -3.80. The van der Waals surface area contributed by atoms with Crippen LogP contribution in [0, 0.1) is 0 Å². The Labute approximate surface area is 166 Å². The minimum absolute atomic E-state index is 0.0842. The summed E-state index contributed by atoms with van der Waals surface area (Å²) in [5, 5.41) is 6.36. The fourth-order valence-corrected chi connectivity index (χ4v) is 2.42. The third kappa shape index (κ3) is 5.13. The average molecular weight is 430 g/mol. The molecule has 1 aromatic carbocycles. The van der Waals surface area contributed by atoms with Gasteiger partial charge in [0.05, 0.1) is 17.1 Å². The van der Waals surface area contributed by atoms with E-state index >= 15 is 0 Å². The summed E-state index contributed by atoms with van der Waals surface area (Å²) < 4.78 is 73.6. The van der Waals surface area contributed by atoms with Gasteiger partial charge in [-0.2, -0.15) is 23.3 Å². The van der Waals surface area contributed by atoms with E-state index in [1.54, 1.807) is 0 Å². The van der Waals surface area contributed by atoms with E-state index < -0.39 is 43.8 Å². The van der Waals surface area contributed by atoms with Crippen molar-refractivity contribution in [1.29, 1.82) is 0 Å². The number of benzene rings is 1. The summed E-state index contributed by atoms with van der Waals surface area (Å²) in [5.74, 6) is -0.0842. The first-order chi connectivity index (χ1) is 14.3. The van der Waals surface area contributed by atoms with Crippen LogP contribution in [-0.4, -0.2) is 52.0 Å². The maximum Gasteiger partial charge on any atom is 0.422 e. The maximum atomic E-state index is 13.0. The molecule has 0 atom stereocenters. The molecule has 0 saturated heterocycles. The summed E-state index contributed by atoms with van der Waals surface area (Å²) in [6, 6.07) is 7.29. The number of alkyl halides is 5. The second kappa shape index (κ2) is 8.93. The Kier molecular flexibility index (Phi) is 6.33. The Balaban J connectivity index is 1.99. The highest BCUT2D eigenvalue weighted by Crippen LogP contribution is 2.23. The van der Waals surface area contributed by atoms with Gasteiger partial charge >= 0.3 is 12.2 Å². The molecule has 3 rings (SSSR count). The number of hydrogen-bond donors (Lipinski definition) is 1. The van der Waals surface area contributed by atoms with E-state index in [2.05, 4.69) is 19.9 Å². The number of hydrogen-bond acceptors (Lipinski definition) is 5. The monoisotopic (exact) mass is 430 g/mol. The molecule has 1 N–H and O–H groups in total. The van der Waals surface area contributed by atoms with Gasteiger partial charge in [0.1, 0.15) is 19.1 Å². The quantitative estimate of drug-likeness (QED) is 0.555. The normalized spacial score (nSPS) is 11.7. The van der Waals surface area contributed by atoms with Crippen molar-refractivity contribution in [1.82, 2.24) is 19.7 Å². The molecule has 0 saturated carbocycles. The van der Waals surface area contributed by atoms with Crippen LogP contribution >= 0.6 is 0 Å². The van der Waals surface area contributed by atoms with Gasteiger partial charge in [-0.05, 0) is 30.3 Å². The lowest BCUT2D eigenvalue weighted by Gasteiger charge is -2.17. The van der Waals surface area contributed by atoms with Crippen LogP contribution in [0.5, 0.6) is 11.8 Å². The molecule has 0 aliphatic carbocycles. The van der Waals surface area contributed by atoms with Crippen LogP contribution in [0.4, 0.5) is 22.0 Å². The highest BCUT2D eigenvalue weighted by atomic mass is 19.4. The predicted octanol–water partition coefficient (Wildman–Crippen LogP) is 3.25. The van der Waals surface area contributed by atoms with Crippen molar-refractivity contribution in [3.05, 3.63) is 52.9 Å². The highest BCUT2D eigenvalue weighted by Gasteiger charge is 2.28. The molecule has 2 aromatic heterocycles. The zero-order valence-corrected chi connectivity index (χ0v) is 15.2. The molecule has 0 unspecified atom stereocenters. The van der Waals surface area contributed by atoms with Gasteiger partial charge in [-0.1, -0.05) is 0 Å². The molecule has 30 heavy (non-hydrogen) atoms. The zero-order chi connectivity index (χ0) is 21.7. The fourth-order valence-electron chi connectivity index (χ4n) is 2.42. The van der Waals surface area contributed by atoms with Crippen molar-refractivity contribution < 1.29 is 31.4 Å². The van der Waals surface area contributed by atoms with Crippen LogP contribution < -0.4 is 15.0 Å². The number of H-pyrrole nitrogens is 1. The van der Waals surface area contributed by atoms with Crippen LogP contribution in [0.15, 0.2) is 47.4 Å².